The van der Waals surface area contributed by atoms with E-state index in [9.17, 15) is 15.0 Å². The van der Waals surface area contributed by atoms with Crippen LogP contribution in [0.15, 0.2) is 42.6 Å². The molecule has 0 saturated carbocycles. The highest BCUT2D eigenvalue weighted by molar-refractivity contribution is 5.67. The highest BCUT2D eigenvalue weighted by Crippen LogP contribution is 2.18. The fourth-order valence-electron chi connectivity index (χ4n) is 2.17. The van der Waals surface area contributed by atoms with Crippen molar-refractivity contribution < 1.29 is 19.7 Å². The Hall–Kier alpha value is -2.95. The maximum absolute atomic E-state index is 11.6. The van der Waals surface area contributed by atoms with Crippen LogP contribution in [0, 0.1) is 18.3 Å². The van der Waals surface area contributed by atoms with E-state index in [1.807, 2.05) is 36.4 Å². The zero-order valence-corrected chi connectivity index (χ0v) is 13.7. The van der Waals surface area contributed by atoms with E-state index in [2.05, 4.69) is 10.3 Å². The number of hydrogen-bond acceptors (Lipinski definition) is 6. The van der Waals surface area contributed by atoms with Crippen molar-refractivity contribution in [3.05, 3.63) is 65.0 Å². The second-order valence-corrected chi connectivity index (χ2v) is 5.50. The van der Waals surface area contributed by atoms with Crippen LogP contribution in [-0.4, -0.2) is 33.9 Å². The van der Waals surface area contributed by atoms with Gasteiger partial charge in [0.1, 0.15) is 30.6 Å². The van der Waals surface area contributed by atoms with Crippen LogP contribution in [0.4, 0.5) is 4.79 Å². The van der Waals surface area contributed by atoms with E-state index < -0.39 is 18.3 Å². The Kier molecular flexibility index (Phi) is 6.46. The van der Waals surface area contributed by atoms with Crippen LogP contribution in [0.25, 0.3) is 0 Å². The van der Waals surface area contributed by atoms with Crippen LogP contribution in [0.2, 0.25) is 0 Å². The lowest BCUT2D eigenvalue weighted by Gasteiger charge is -2.18. The van der Waals surface area contributed by atoms with Crippen molar-refractivity contribution in [2.75, 3.05) is 6.54 Å². The number of hydrogen-bond donors (Lipinski definition) is 3. The monoisotopic (exact) mass is 341 g/mol. The molecule has 0 radical (unpaired) electrons. The number of rotatable bonds is 6. The van der Waals surface area contributed by atoms with E-state index in [1.54, 1.807) is 13.0 Å². The first-order valence-electron chi connectivity index (χ1n) is 7.68. The van der Waals surface area contributed by atoms with Gasteiger partial charge in [-0.2, -0.15) is 5.26 Å². The lowest BCUT2D eigenvalue weighted by molar-refractivity contribution is 0.0182. The van der Waals surface area contributed by atoms with Crippen molar-refractivity contribution in [2.24, 2.45) is 0 Å². The van der Waals surface area contributed by atoms with Crippen molar-refractivity contribution in [1.29, 1.82) is 5.26 Å². The number of amides is 1. The Labute approximate surface area is 145 Å². The van der Waals surface area contributed by atoms with Crippen molar-refractivity contribution in [2.45, 2.75) is 25.7 Å². The van der Waals surface area contributed by atoms with E-state index in [0.717, 1.165) is 5.56 Å². The number of aliphatic hydroxyl groups is 2. The highest BCUT2D eigenvalue weighted by atomic mass is 16.5. The number of ether oxygens (including phenoxy) is 1. The molecule has 1 amide bonds. The summed E-state index contributed by atoms with van der Waals surface area (Å²) in [6.07, 6.45) is -1.84. The number of pyridine rings is 1. The minimum absolute atomic E-state index is 0.115. The van der Waals surface area contributed by atoms with E-state index in [-0.39, 0.29) is 18.8 Å². The summed E-state index contributed by atoms with van der Waals surface area (Å²) in [5, 5.41) is 31.4. The van der Waals surface area contributed by atoms with Crippen LogP contribution in [0.5, 0.6) is 0 Å². The topological polar surface area (TPSA) is 115 Å². The molecule has 2 rings (SSSR count). The van der Waals surface area contributed by atoms with Gasteiger partial charge in [-0.3, -0.25) is 0 Å². The standard InChI is InChI=1S/C18H19N3O4/c1-12-7-14(9-20-15(12)8-19)17(23)16(22)10-21-18(24)25-11-13-5-3-2-4-6-13/h2-7,9,16-17,22-23H,10-11H2,1H3,(H,21,24). The number of aromatic nitrogens is 1. The molecule has 0 bridgehead atoms. The summed E-state index contributed by atoms with van der Waals surface area (Å²) in [4.78, 5) is 15.6. The summed E-state index contributed by atoms with van der Waals surface area (Å²) in [5.74, 6) is 0. The van der Waals surface area contributed by atoms with Gasteiger partial charge in [0.05, 0.1) is 0 Å². The fourth-order valence-corrected chi connectivity index (χ4v) is 2.17. The number of carbonyl (C=O) groups excluding carboxylic acids is 1. The highest BCUT2D eigenvalue weighted by Gasteiger charge is 2.20. The minimum atomic E-state index is -1.24. The molecular formula is C18H19N3O4. The van der Waals surface area contributed by atoms with Gasteiger partial charge < -0.3 is 20.3 Å². The number of aryl methyl sites for hydroxylation is 1. The summed E-state index contributed by atoms with van der Waals surface area (Å²) >= 11 is 0. The Balaban J connectivity index is 1.82. The Morgan fingerprint density at radius 1 is 1.36 bits per heavy atom. The van der Waals surface area contributed by atoms with Crippen LogP contribution in [0.3, 0.4) is 0 Å². The number of nitrogens with one attached hydrogen (secondary N) is 1. The predicted molar refractivity (Wildman–Crippen MR) is 89.3 cm³/mol. The van der Waals surface area contributed by atoms with E-state index in [4.69, 9.17) is 10.00 Å². The van der Waals surface area contributed by atoms with Gasteiger partial charge in [0.25, 0.3) is 0 Å². The van der Waals surface area contributed by atoms with E-state index in [1.165, 1.54) is 6.20 Å². The first-order chi connectivity index (χ1) is 12.0. The fraction of sp³-hybridized carbons (Fsp3) is 0.278. The maximum Gasteiger partial charge on any atom is 0.407 e. The van der Waals surface area contributed by atoms with E-state index in [0.29, 0.717) is 11.1 Å². The summed E-state index contributed by atoms with van der Waals surface area (Å²) < 4.78 is 5.02. The molecule has 130 valence electrons. The number of alkyl carbamates (subject to hydrolysis) is 1. The number of nitrogens with zero attached hydrogens (tertiary/aromatic N) is 2. The van der Waals surface area contributed by atoms with Crippen molar-refractivity contribution in [3.8, 4) is 6.07 Å². The molecule has 0 aliphatic carbocycles. The number of nitriles is 1. The maximum atomic E-state index is 11.6. The minimum Gasteiger partial charge on any atom is -0.445 e. The molecule has 1 heterocycles. The van der Waals surface area contributed by atoms with Gasteiger partial charge >= 0.3 is 6.09 Å². The molecule has 2 aromatic rings. The second kappa shape index (κ2) is 8.78. The number of benzene rings is 1. The normalized spacial score (nSPS) is 12.7. The van der Waals surface area contributed by atoms with Gasteiger partial charge in [-0.25, -0.2) is 9.78 Å². The van der Waals surface area contributed by atoms with Crippen LogP contribution in [0.1, 0.15) is 28.5 Å². The van der Waals surface area contributed by atoms with Crippen LogP contribution < -0.4 is 5.32 Å². The van der Waals surface area contributed by atoms with Crippen LogP contribution in [-0.2, 0) is 11.3 Å². The first kappa shape index (κ1) is 18.4. The van der Waals surface area contributed by atoms with Crippen LogP contribution >= 0.6 is 0 Å². The molecule has 3 N–H and O–H groups in total. The molecule has 1 aromatic carbocycles. The van der Waals surface area contributed by atoms with Gasteiger partial charge in [-0.1, -0.05) is 30.3 Å². The van der Waals surface area contributed by atoms with Gasteiger partial charge in [0.2, 0.25) is 0 Å². The largest absolute Gasteiger partial charge is 0.445 e. The molecule has 0 aliphatic rings. The Morgan fingerprint density at radius 2 is 2.08 bits per heavy atom. The van der Waals surface area contributed by atoms with Gasteiger partial charge in [-0.05, 0) is 24.1 Å². The molecule has 0 fully saturated rings. The van der Waals surface area contributed by atoms with Gasteiger partial charge in [0.15, 0.2) is 0 Å². The zero-order valence-electron chi connectivity index (χ0n) is 13.7. The Bertz CT molecular complexity index is 759. The molecule has 7 nitrogen and oxygen atoms in total. The quantitative estimate of drug-likeness (QED) is 0.735. The average molecular weight is 341 g/mol. The molecule has 1 aromatic heterocycles. The first-order valence-corrected chi connectivity index (χ1v) is 7.68. The third kappa shape index (κ3) is 5.28. The number of carbonyl (C=O) groups is 1. The summed E-state index contributed by atoms with van der Waals surface area (Å²) in [5.41, 5.74) is 2.07. The number of aliphatic hydroxyl groups excluding tert-OH is 2. The van der Waals surface area contributed by atoms with E-state index >= 15 is 0 Å². The Morgan fingerprint density at radius 3 is 2.72 bits per heavy atom. The predicted octanol–water partition coefficient (Wildman–Crippen LogP) is 1.58. The summed E-state index contributed by atoms with van der Waals surface area (Å²) in [6, 6.07) is 12.7. The SMILES string of the molecule is Cc1cc(C(O)C(O)CNC(=O)OCc2ccccc2)cnc1C#N. The molecule has 0 spiro atoms. The van der Waals surface area contributed by atoms with Gasteiger partial charge in [-0.15, -0.1) is 0 Å². The molecular weight excluding hydrogens is 322 g/mol. The summed E-state index contributed by atoms with van der Waals surface area (Å²) in [6.45, 7) is 1.62. The molecule has 7 heteroatoms. The van der Waals surface area contributed by atoms with Gasteiger partial charge in [0, 0.05) is 18.3 Å². The van der Waals surface area contributed by atoms with Crippen molar-refractivity contribution in [1.82, 2.24) is 10.3 Å². The molecule has 25 heavy (non-hydrogen) atoms. The zero-order chi connectivity index (χ0) is 18.2. The third-order valence-electron chi connectivity index (χ3n) is 3.58. The lowest BCUT2D eigenvalue weighted by atomic mass is 10.0. The van der Waals surface area contributed by atoms with Crippen molar-refractivity contribution in [3.63, 3.8) is 0 Å². The molecule has 2 unspecified atom stereocenters. The van der Waals surface area contributed by atoms with Crippen molar-refractivity contribution >= 4 is 6.09 Å². The lowest BCUT2D eigenvalue weighted by Crippen LogP contribution is -2.35. The second-order valence-electron chi connectivity index (χ2n) is 5.50. The average Bonchev–Trinajstić information content (AvgIpc) is 2.64. The molecule has 2 atom stereocenters. The third-order valence-corrected chi connectivity index (χ3v) is 3.58. The molecule has 0 saturated heterocycles. The molecule has 0 aliphatic heterocycles. The smallest absolute Gasteiger partial charge is 0.407 e. The summed E-state index contributed by atoms with van der Waals surface area (Å²) in [7, 11) is 0.